The van der Waals surface area contributed by atoms with E-state index in [4.69, 9.17) is 11.6 Å². The highest BCUT2D eigenvalue weighted by molar-refractivity contribution is 9.11. The van der Waals surface area contributed by atoms with Gasteiger partial charge in [0.05, 0.1) is 8.81 Å². The highest BCUT2D eigenvalue weighted by atomic mass is 79.9. The number of rotatable bonds is 3. The van der Waals surface area contributed by atoms with Gasteiger partial charge in [-0.3, -0.25) is 4.72 Å². The van der Waals surface area contributed by atoms with Crippen LogP contribution in [0.15, 0.2) is 32.3 Å². The number of halogens is 2. The molecule has 1 aromatic carbocycles. The lowest BCUT2D eigenvalue weighted by molar-refractivity contribution is 0.471. The molecule has 0 amide bonds. The molecule has 0 radical (unpaired) electrons. The maximum absolute atomic E-state index is 12.1. The number of aryl methyl sites for hydroxylation is 1. The third-order valence-corrected chi connectivity index (χ3v) is 6.67. The van der Waals surface area contributed by atoms with Crippen LogP contribution in [0.25, 0.3) is 0 Å². The zero-order chi connectivity index (χ0) is 14.2. The maximum Gasteiger partial charge on any atom is 0.271 e. The minimum atomic E-state index is -3.67. The molecule has 19 heavy (non-hydrogen) atoms. The molecule has 102 valence electrons. The fourth-order valence-electron chi connectivity index (χ4n) is 1.38. The van der Waals surface area contributed by atoms with Crippen molar-refractivity contribution in [3.63, 3.8) is 0 Å². The summed E-state index contributed by atoms with van der Waals surface area (Å²) in [5.74, 6) is 0.116. The number of phenols is 1. The van der Waals surface area contributed by atoms with Crippen LogP contribution in [0.2, 0.25) is 5.02 Å². The number of hydrogen-bond donors (Lipinski definition) is 2. The molecule has 0 fully saturated rings. The minimum absolute atomic E-state index is 0.116. The number of aromatic hydroxyl groups is 1. The van der Waals surface area contributed by atoms with E-state index in [2.05, 4.69) is 20.7 Å². The summed E-state index contributed by atoms with van der Waals surface area (Å²) in [4.78, 5) is 0. The van der Waals surface area contributed by atoms with Crippen LogP contribution in [0, 0.1) is 6.92 Å². The minimum Gasteiger partial charge on any atom is -0.508 e. The second kappa shape index (κ2) is 5.32. The molecular formula is C11H9BrClNO3S2. The predicted molar refractivity (Wildman–Crippen MR) is 80.7 cm³/mol. The van der Waals surface area contributed by atoms with Crippen molar-refractivity contribution >= 4 is 54.6 Å². The third kappa shape index (κ3) is 3.22. The highest BCUT2D eigenvalue weighted by Gasteiger charge is 2.19. The van der Waals surface area contributed by atoms with E-state index in [-0.39, 0.29) is 9.96 Å². The SMILES string of the molecule is Cc1cc(NS(=O)(=O)c2cc(Cl)c(Br)s2)ccc1O. The molecule has 0 aliphatic heterocycles. The van der Waals surface area contributed by atoms with Gasteiger partial charge >= 0.3 is 0 Å². The smallest absolute Gasteiger partial charge is 0.271 e. The average Bonchev–Trinajstić information content (AvgIpc) is 2.65. The van der Waals surface area contributed by atoms with Crippen LogP contribution in [0.5, 0.6) is 5.75 Å². The van der Waals surface area contributed by atoms with Crippen molar-refractivity contribution in [1.82, 2.24) is 0 Å². The molecule has 1 heterocycles. The number of anilines is 1. The van der Waals surface area contributed by atoms with E-state index in [0.717, 1.165) is 11.3 Å². The van der Waals surface area contributed by atoms with Gasteiger partial charge < -0.3 is 5.11 Å². The van der Waals surface area contributed by atoms with Crippen LogP contribution < -0.4 is 4.72 Å². The Morgan fingerprint density at radius 1 is 1.37 bits per heavy atom. The molecule has 0 saturated heterocycles. The van der Waals surface area contributed by atoms with Crippen LogP contribution in [-0.2, 0) is 10.0 Å². The first-order chi connectivity index (χ1) is 8.79. The summed E-state index contributed by atoms with van der Waals surface area (Å²) in [7, 11) is -3.67. The highest BCUT2D eigenvalue weighted by Crippen LogP contribution is 2.35. The van der Waals surface area contributed by atoms with Crippen molar-refractivity contribution in [3.05, 3.63) is 38.6 Å². The summed E-state index contributed by atoms with van der Waals surface area (Å²) in [6.07, 6.45) is 0. The predicted octanol–water partition coefficient (Wildman–Crippen LogP) is 3.98. The van der Waals surface area contributed by atoms with Crippen LogP contribution in [-0.4, -0.2) is 13.5 Å². The standard InChI is InChI=1S/C11H9BrClNO3S2/c1-6-4-7(2-3-9(6)15)14-19(16,17)10-5-8(13)11(12)18-10/h2-5,14-15H,1H3. The van der Waals surface area contributed by atoms with Gasteiger partial charge in [-0.15, -0.1) is 11.3 Å². The third-order valence-electron chi connectivity index (χ3n) is 2.34. The van der Waals surface area contributed by atoms with Gasteiger partial charge in [-0.1, -0.05) is 11.6 Å². The second-order valence-electron chi connectivity index (χ2n) is 3.79. The topological polar surface area (TPSA) is 66.4 Å². The molecule has 0 bridgehead atoms. The molecule has 0 saturated carbocycles. The molecule has 4 nitrogen and oxygen atoms in total. The molecule has 1 aromatic heterocycles. The van der Waals surface area contributed by atoms with Crippen molar-refractivity contribution in [2.24, 2.45) is 0 Å². The van der Waals surface area contributed by atoms with Crippen molar-refractivity contribution < 1.29 is 13.5 Å². The number of hydrogen-bond acceptors (Lipinski definition) is 4. The van der Waals surface area contributed by atoms with Crippen molar-refractivity contribution in [2.75, 3.05) is 4.72 Å². The Kier molecular flexibility index (Phi) is 4.10. The Morgan fingerprint density at radius 3 is 2.58 bits per heavy atom. The molecule has 0 spiro atoms. The second-order valence-corrected chi connectivity index (χ2v) is 8.48. The van der Waals surface area contributed by atoms with Crippen LogP contribution in [0.3, 0.4) is 0 Å². The average molecular weight is 383 g/mol. The first-order valence-corrected chi connectivity index (χ1v) is 8.54. The molecule has 0 aliphatic carbocycles. The van der Waals surface area contributed by atoms with Gasteiger partial charge in [0.1, 0.15) is 9.96 Å². The molecule has 0 aliphatic rings. The molecule has 2 aromatic rings. The number of sulfonamides is 1. The van der Waals surface area contributed by atoms with Crippen LogP contribution in [0.4, 0.5) is 5.69 Å². The number of phenolic OH excluding ortho intramolecular Hbond substituents is 1. The Morgan fingerprint density at radius 2 is 2.05 bits per heavy atom. The summed E-state index contributed by atoms with van der Waals surface area (Å²) in [6, 6.07) is 5.86. The quantitative estimate of drug-likeness (QED) is 0.789. The Bertz CT molecular complexity index is 708. The lowest BCUT2D eigenvalue weighted by Crippen LogP contribution is -2.11. The molecular weight excluding hydrogens is 374 g/mol. The summed E-state index contributed by atoms with van der Waals surface area (Å²) >= 11 is 10.0. The van der Waals surface area contributed by atoms with Gasteiger partial charge in [-0.2, -0.15) is 0 Å². The van der Waals surface area contributed by atoms with Crippen molar-refractivity contribution in [2.45, 2.75) is 11.1 Å². The van der Waals surface area contributed by atoms with E-state index in [0.29, 0.717) is 20.1 Å². The Labute approximate surface area is 128 Å². The Balaban J connectivity index is 2.33. The monoisotopic (exact) mass is 381 g/mol. The lowest BCUT2D eigenvalue weighted by atomic mass is 10.2. The number of benzene rings is 1. The first-order valence-electron chi connectivity index (χ1n) is 5.07. The van der Waals surface area contributed by atoms with Gasteiger partial charge in [-0.25, -0.2) is 8.42 Å². The Hall–Kier alpha value is -0.760. The first kappa shape index (κ1) is 14.6. The van der Waals surface area contributed by atoms with E-state index in [1.807, 2.05) is 0 Å². The van der Waals surface area contributed by atoms with Crippen LogP contribution >= 0.6 is 38.9 Å². The summed E-state index contributed by atoms with van der Waals surface area (Å²) in [6.45, 7) is 1.69. The van der Waals surface area contributed by atoms with Gasteiger partial charge in [-0.05, 0) is 52.7 Å². The van der Waals surface area contributed by atoms with Crippen LogP contribution in [0.1, 0.15) is 5.56 Å². The van der Waals surface area contributed by atoms with Crippen molar-refractivity contribution in [3.8, 4) is 5.75 Å². The molecule has 0 unspecified atom stereocenters. The molecule has 2 rings (SSSR count). The van der Waals surface area contributed by atoms with E-state index in [1.165, 1.54) is 18.2 Å². The largest absolute Gasteiger partial charge is 0.508 e. The van der Waals surface area contributed by atoms with E-state index < -0.39 is 10.0 Å². The summed E-state index contributed by atoms with van der Waals surface area (Å²) in [5, 5.41) is 9.75. The normalized spacial score (nSPS) is 11.5. The van der Waals surface area contributed by atoms with E-state index in [9.17, 15) is 13.5 Å². The van der Waals surface area contributed by atoms with Gasteiger partial charge in [0, 0.05) is 5.69 Å². The van der Waals surface area contributed by atoms with Gasteiger partial charge in [0.15, 0.2) is 0 Å². The fourth-order valence-corrected chi connectivity index (χ4v) is 4.83. The zero-order valence-electron chi connectivity index (χ0n) is 9.65. The zero-order valence-corrected chi connectivity index (χ0v) is 13.6. The number of thiophene rings is 1. The van der Waals surface area contributed by atoms with E-state index >= 15 is 0 Å². The van der Waals surface area contributed by atoms with Gasteiger partial charge in [0.2, 0.25) is 0 Å². The molecule has 8 heteroatoms. The molecule has 2 N–H and O–H groups in total. The summed E-state index contributed by atoms with van der Waals surface area (Å²) in [5.41, 5.74) is 0.974. The summed E-state index contributed by atoms with van der Waals surface area (Å²) < 4.78 is 27.4. The molecule has 0 atom stereocenters. The van der Waals surface area contributed by atoms with E-state index in [1.54, 1.807) is 13.0 Å². The number of nitrogens with one attached hydrogen (secondary N) is 1. The maximum atomic E-state index is 12.1. The van der Waals surface area contributed by atoms with Gasteiger partial charge in [0.25, 0.3) is 10.0 Å². The van der Waals surface area contributed by atoms with Crippen molar-refractivity contribution in [1.29, 1.82) is 0 Å². The lowest BCUT2D eigenvalue weighted by Gasteiger charge is -2.07. The fraction of sp³-hybridized carbons (Fsp3) is 0.0909.